The molecule has 0 bridgehead atoms. The number of H-pyrrole nitrogens is 1. The number of nitrogens with zero attached hydrogens (tertiary/aromatic N) is 1. The molecule has 1 aromatic heterocycles. The van der Waals surface area contributed by atoms with Crippen molar-refractivity contribution >= 4 is 39.0 Å². The summed E-state index contributed by atoms with van der Waals surface area (Å²) in [5, 5.41) is 5.67. The van der Waals surface area contributed by atoms with Crippen molar-refractivity contribution in [3.8, 4) is 0 Å². The van der Waals surface area contributed by atoms with Crippen molar-refractivity contribution in [3.05, 3.63) is 81.7 Å². The normalized spacial score (nSPS) is 14.1. The highest BCUT2D eigenvalue weighted by Gasteiger charge is 2.28. The first-order valence-electron chi connectivity index (χ1n) is 13.0. The quantitative estimate of drug-likeness (QED) is 0.312. The van der Waals surface area contributed by atoms with E-state index in [1.54, 1.807) is 19.9 Å². The molecule has 0 radical (unpaired) electrons. The lowest BCUT2D eigenvalue weighted by atomic mass is 10.0. The Balaban J connectivity index is 1.62. The molecule has 0 atom stereocenters. The van der Waals surface area contributed by atoms with Gasteiger partial charge in [-0.1, -0.05) is 13.8 Å². The SMILES string of the molecule is CCN(CC)CCNC(=O)c1c(C)[nH]c(/C=C2\C(=O)Nc3ccc(S(=O)(=O)Cc4cc(F)cc(F)c4)cc32)c1C. The van der Waals surface area contributed by atoms with Gasteiger partial charge in [0.15, 0.2) is 9.84 Å². The molecule has 3 aromatic rings. The minimum atomic E-state index is -3.99. The van der Waals surface area contributed by atoms with Gasteiger partial charge in [0.1, 0.15) is 11.6 Å². The number of benzene rings is 2. The lowest BCUT2D eigenvalue weighted by molar-refractivity contribution is -0.110. The Morgan fingerprint density at radius 3 is 2.38 bits per heavy atom. The third kappa shape index (κ3) is 6.15. The summed E-state index contributed by atoms with van der Waals surface area (Å²) in [6, 6.07) is 6.81. The van der Waals surface area contributed by atoms with E-state index < -0.39 is 33.1 Å². The summed E-state index contributed by atoms with van der Waals surface area (Å²) < 4.78 is 53.4. The van der Waals surface area contributed by atoms with Crippen molar-refractivity contribution in [2.75, 3.05) is 31.5 Å². The summed E-state index contributed by atoms with van der Waals surface area (Å²) in [4.78, 5) is 31.1. The van der Waals surface area contributed by atoms with E-state index in [0.717, 1.165) is 31.8 Å². The number of carbonyl (C=O) groups excluding carboxylic acids is 2. The van der Waals surface area contributed by atoms with Crippen LogP contribution in [-0.4, -0.2) is 56.3 Å². The molecule has 1 aliphatic rings. The van der Waals surface area contributed by atoms with Gasteiger partial charge >= 0.3 is 0 Å². The average Bonchev–Trinajstić information content (AvgIpc) is 3.34. The van der Waals surface area contributed by atoms with E-state index in [0.29, 0.717) is 46.4 Å². The van der Waals surface area contributed by atoms with Crippen LogP contribution in [0.4, 0.5) is 14.5 Å². The van der Waals surface area contributed by atoms with Crippen molar-refractivity contribution in [3.63, 3.8) is 0 Å². The molecule has 8 nitrogen and oxygen atoms in total. The Labute approximate surface area is 232 Å². The van der Waals surface area contributed by atoms with E-state index in [1.165, 1.54) is 18.2 Å². The van der Waals surface area contributed by atoms with Crippen LogP contribution in [0.25, 0.3) is 11.6 Å². The molecule has 1 aliphatic heterocycles. The number of aromatic nitrogens is 1. The van der Waals surface area contributed by atoms with Crippen LogP contribution in [0, 0.1) is 25.5 Å². The van der Waals surface area contributed by atoms with E-state index in [4.69, 9.17) is 0 Å². The Morgan fingerprint density at radius 2 is 1.73 bits per heavy atom. The third-order valence-electron chi connectivity index (χ3n) is 7.01. The summed E-state index contributed by atoms with van der Waals surface area (Å²) in [6.07, 6.45) is 1.59. The maximum Gasteiger partial charge on any atom is 0.256 e. The van der Waals surface area contributed by atoms with Crippen molar-refractivity contribution in [1.29, 1.82) is 0 Å². The molecule has 0 spiro atoms. The number of aromatic amines is 1. The van der Waals surface area contributed by atoms with Gasteiger partial charge in [0.2, 0.25) is 0 Å². The van der Waals surface area contributed by atoms with Crippen LogP contribution in [-0.2, 0) is 20.4 Å². The van der Waals surface area contributed by atoms with Gasteiger partial charge in [0.05, 0.1) is 21.8 Å². The van der Waals surface area contributed by atoms with Gasteiger partial charge in [0, 0.05) is 41.8 Å². The number of hydrogen-bond donors (Lipinski definition) is 3. The second-order valence-electron chi connectivity index (χ2n) is 9.70. The number of sulfone groups is 1. The van der Waals surface area contributed by atoms with E-state index in [9.17, 15) is 26.8 Å². The van der Waals surface area contributed by atoms with E-state index in [-0.39, 0.29) is 21.9 Å². The summed E-state index contributed by atoms with van der Waals surface area (Å²) in [6.45, 7) is 10.7. The molecule has 0 unspecified atom stereocenters. The number of nitrogens with one attached hydrogen (secondary N) is 3. The van der Waals surface area contributed by atoms with Gasteiger partial charge in [-0.25, -0.2) is 17.2 Å². The fourth-order valence-corrected chi connectivity index (χ4v) is 6.21. The first-order chi connectivity index (χ1) is 18.9. The predicted octanol–water partition coefficient (Wildman–Crippen LogP) is 4.45. The highest BCUT2D eigenvalue weighted by molar-refractivity contribution is 7.90. The van der Waals surface area contributed by atoms with Crippen LogP contribution in [0.3, 0.4) is 0 Å². The summed E-state index contributed by atoms with van der Waals surface area (Å²) in [5.74, 6) is -2.99. The molecule has 3 N–H and O–H groups in total. The van der Waals surface area contributed by atoms with Gasteiger partial charge in [-0.3, -0.25) is 9.59 Å². The number of amides is 2. The molecule has 11 heteroatoms. The monoisotopic (exact) mass is 570 g/mol. The topological polar surface area (TPSA) is 111 Å². The number of hydrogen-bond acceptors (Lipinski definition) is 5. The van der Waals surface area contributed by atoms with Gasteiger partial charge in [-0.15, -0.1) is 0 Å². The smallest absolute Gasteiger partial charge is 0.256 e. The molecular weight excluding hydrogens is 538 g/mol. The maximum absolute atomic E-state index is 13.6. The molecule has 212 valence electrons. The number of rotatable bonds is 10. The largest absolute Gasteiger partial charge is 0.358 e. The van der Waals surface area contributed by atoms with Gasteiger partial charge in [0.25, 0.3) is 11.8 Å². The zero-order valence-electron chi connectivity index (χ0n) is 22.8. The first-order valence-corrected chi connectivity index (χ1v) is 14.6. The fourth-order valence-electron chi connectivity index (χ4n) is 4.86. The Morgan fingerprint density at radius 1 is 1.05 bits per heavy atom. The minimum absolute atomic E-state index is 0.0247. The Kier molecular flexibility index (Phi) is 8.55. The van der Waals surface area contributed by atoms with Gasteiger partial charge in [-0.2, -0.15) is 0 Å². The van der Waals surface area contributed by atoms with Crippen molar-refractivity contribution in [2.45, 2.75) is 38.3 Å². The average molecular weight is 571 g/mol. The van der Waals surface area contributed by atoms with Gasteiger partial charge in [-0.05, 0) is 74.5 Å². The summed E-state index contributed by atoms with van der Waals surface area (Å²) in [7, 11) is -3.99. The highest BCUT2D eigenvalue weighted by atomic mass is 32.2. The second-order valence-corrected chi connectivity index (χ2v) is 11.7. The number of halogens is 2. The van der Waals surface area contributed by atoms with E-state index in [1.807, 2.05) is 0 Å². The molecule has 40 heavy (non-hydrogen) atoms. The molecule has 4 rings (SSSR count). The fraction of sp³-hybridized carbons (Fsp3) is 0.310. The van der Waals surface area contributed by atoms with E-state index >= 15 is 0 Å². The first kappa shape index (κ1) is 29.2. The number of aryl methyl sites for hydroxylation is 1. The van der Waals surface area contributed by atoms with Crippen LogP contribution in [0.15, 0.2) is 41.3 Å². The maximum atomic E-state index is 13.6. The second kappa shape index (κ2) is 11.7. The van der Waals surface area contributed by atoms with E-state index in [2.05, 4.69) is 34.4 Å². The van der Waals surface area contributed by atoms with Crippen molar-refractivity contribution in [2.24, 2.45) is 0 Å². The predicted molar refractivity (Wildman–Crippen MR) is 151 cm³/mol. The van der Waals surface area contributed by atoms with Crippen molar-refractivity contribution < 1.29 is 26.8 Å². The van der Waals surface area contributed by atoms with Gasteiger partial charge < -0.3 is 20.5 Å². The molecule has 0 aliphatic carbocycles. The molecular formula is C29H32F2N4O4S. The lowest BCUT2D eigenvalue weighted by Crippen LogP contribution is -2.35. The van der Waals surface area contributed by atoms with Crippen LogP contribution >= 0.6 is 0 Å². The molecule has 2 amide bonds. The zero-order valence-corrected chi connectivity index (χ0v) is 23.6. The Hall–Kier alpha value is -3.83. The lowest BCUT2D eigenvalue weighted by Gasteiger charge is -2.18. The highest BCUT2D eigenvalue weighted by Crippen LogP contribution is 2.36. The minimum Gasteiger partial charge on any atom is -0.358 e. The third-order valence-corrected chi connectivity index (χ3v) is 8.70. The number of fused-ring (bicyclic) bond motifs is 1. The molecule has 2 heterocycles. The molecule has 0 saturated heterocycles. The number of carbonyl (C=O) groups is 2. The van der Waals surface area contributed by atoms with Crippen molar-refractivity contribution in [1.82, 2.24) is 15.2 Å². The van der Waals surface area contributed by atoms with Crippen LogP contribution in [0.1, 0.15) is 52.3 Å². The van der Waals surface area contributed by atoms with Crippen LogP contribution in [0.2, 0.25) is 0 Å². The summed E-state index contributed by atoms with van der Waals surface area (Å²) in [5.41, 5.74) is 3.34. The molecule has 0 fully saturated rings. The Bertz CT molecular complexity index is 1590. The number of likely N-dealkylation sites (N-methyl/N-ethyl adjacent to an activating group) is 1. The number of anilines is 1. The zero-order chi connectivity index (χ0) is 29.2. The van der Waals surface area contributed by atoms with Crippen LogP contribution < -0.4 is 10.6 Å². The van der Waals surface area contributed by atoms with Crippen LogP contribution in [0.5, 0.6) is 0 Å². The molecule has 2 aromatic carbocycles. The summed E-state index contributed by atoms with van der Waals surface area (Å²) >= 11 is 0. The standard InChI is InChI=1S/C29H32F2N4O4S/c1-5-35(6-2)10-9-32-29(37)27-17(3)26(33-18(27)4)15-24-23-14-22(7-8-25(23)34-28(24)36)40(38,39)16-19-11-20(30)13-21(31)12-19/h7-8,11-15,33H,5-6,9-10,16H2,1-4H3,(H,32,37)(H,34,36)/b24-15-. The molecule has 0 saturated carbocycles.